The number of Topliss-reactive ketones (excluding diaryl/α,β-unsaturated/α-hetero) is 1. The molecule has 3 nitrogen and oxygen atoms in total. The summed E-state index contributed by atoms with van der Waals surface area (Å²) < 4.78 is 0. The van der Waals surface area contributed by atoms with Gasteiger partial charge in [0.25, 0.3) is 0 Å². The summed E-state index contributed by atoms with van der Waals surface area (Å²) in [4.78, 5) is 14.8. The summed E-state index contributed by atoms with van der Waals surface area (Å²) in [5.41, 5.74) is 0. The maximum Gasteiger partial charge on any atom is 0.163 e. The van der Waals surface area contributed by atoms with Gasteiger partial charge in [-0.25, -0.2) is 5.90 Å². The van der Waals surface area contributed by atoms with Crippen LogP contribution in [0.15, 0.2) is 0 Å². The fourth-order valence-corrected chi connectivity index (χ4v) is 0.605. The van der Waals surface area contributed by atoms with Crippen LogP contribution in [-0.4, -0.2) is 12.4 Å². The van der Waals surface area contributed by atoms with Gasteiger partial charge in [-0.2, -0.15) is 0 Å². The van der Waals surface area contributed by atoms with Crippen molar-refractivity contribution in [3.63, 3.8) is 0 Å². The maximum atomic E-state index is 10.6. The van der Waals surface area contributed by atoms with E-state index in [1.54, 1.807) is 0 Å². The third-order valence-corrected chi connectivity index (χ3v) is 1.26. The van der Waals surface area contributed by atoms with Crippen molar-refractivity contribution in [2.45, 2.75) is 12.8 Å². The number of hydrogen-bond donors (Lipinski definition) is 1. The predicted molar refractivity (Wildman–Crippen MR) is 27.9 cm³/mol. The van der Waals surface area contributed by atoms with Crippen molar-refractivity contribution in [2.24, 2.45) is 11.8 Å². The quantitative estimate of drug-likeness (QED) is 0.520. The molecule has 0 spiro atoms. The standard InChI is InChI=1S/C5H9NO2/c6-8-3-5(7)4-1-2-4/h4H,1-3,6H2. The minimum absolute atomic E-state index is 0.0880. The Morgan fingerprint density at radius 1 is 1.75 bits per heavy atom. The van der Waals surface area contributed by atoms with Gasteiger partial charge in [-0.15, -0.1) is 0 Å². The van der Waals surface area contributed by atoms with E-state index in [-0.39, 0.29) is 18.3 Å². The number of ketones is 1. The van der Waals surface area contributed by atoms with E-state index in [1.165, 1.54) is 0 Å². The minimum Gasteiger partial charge on any atom is -0.297 e. The van der Waals surface area contributed by atoms with Crippen LogP contribution in [-0.2, 0) is 9.63 Å². The van der Waals surface area contributed by atoms with Crippen molar-refractivity contribution in [3.8, 4) is 0 Å². The first-order chi connectivity index (χ1) is 3.84. The Morgan fingerprint density at radius 3 is 2.75 bits per heavy atom. The summed E-state index contributed by atoms with van der Waals surface area (Å²) in [5, 5.41) is 0. The van der Waals surface area contributed by atoms with Crippen molar-refractivity contribution in [1.29, 1.82) is 0 Å². The second-order valence-corrected chi connectivity index (χ2v) is 2.05. The molecule has 0 atom stereocenters. The maximum absolute atomic E-state index is 10.6. The van der Waals surface area contributed by atoms with Gasteiger partial charge in [-0.05, 0) is 12.8 Å². The molecule has 0 aromatic rings. The van der Waals surface area contributed by atoms with Gasteiger partial charge in [0.1, 0.15) is 6.61 Å². The van der Waals surface area contributed by atoms with E-state index in [2.05, 4.69) is 10.7 Å². The van der Waals surface area contributed by atoms with E-state index in [1.807, 2.05) is 0 Å². The molecule has 0 amide bonds. The van der Waals surface area contributed by atoms with E-state index in [0.29, 0.717) is 0 Å². The van der Waals surface area contributed by atoms with Gasteiger partial charge in [0.15, 0.2) is 5.78 Å². The average molecular weight is 115 g/mol. The highest BCUT2D eigenvalue weighted by molar-refractivity contribution is 5.84. The van der Waals surface area contributed by atoms with Crippen molar-refractivity contribution in [2.75, 3.05) is 6.61 Å². The molecule has 0 aromatic heterocycles. The van der Waals surface area contributed by atoms with Crippen LogP contribution in [0.1, 0.15) is 12.8 Å². The van der Waals surface area contributed by atoms with Crippen LogP contribution >= 0.6 is 0 Å². The molecule has 0 aromatic carbocycles. The summed E-state index contributed by atoms with van der Waals surface area (Å²) in [6, 6.07) is 0. The molecule has 0 saturated heterocycles. The highest BCUT2D eigenvalue weighted by atomic mass is 16.6. The third kappa shape index (κ3) is 1.28. The highest BCUT2D eigenvalue weighted by Gasteiger charge is 2.28. The monoisotopic (exact) mass is 115 g/mol. The molecular weight excluding hydrogens is 106 g/mol. The van der Waals surface area contributed by atoms with Crippen molar-refractivity contribution >= 4 is 5.78 Å². The Bertz CT molecular complexity index is 98.6. The molecule has 0 heterocycles. The molecule has 0 radical (unpaired) electrons. The van der Waals surface area contributed by atoms with Crippen molar-refractivity contribution in [1.82, 2.24) is 0 Å². The number of rotatable bonds is 3. The molecule has 3 heteroatoms. The lowest BCUT2D eigenvalue weighted by Gasteiger charge is -1.91. The van der Waals surface area contributed by atoms with Crippen LogP contribution < -0.4 is 5.90 Å². The summed E-state index contributed by atoms with van der Waals surface area (Å²) >= 11 is 0. The summed E-state index contributed by atoms with van der Waals surface area (Å²) in [7, 11) is 0. The van der Waals surface area contributed by atoms with Crippen LogP contribution in [0.3, 0.4) is 0 Å². The number of hydrogen-bond acceptors (Lipinski definition) is 3. The lowest BCUT2D eigenvalue weighted by molar-refractivity contribution is -0.124. The Balaban J connectivity index is 2.13. The van der Waals surface area contributed by atoms with Crippen LogP contribution in [0.25, 0.3) is 0 Å². The van der Waals surface area contributed by atoms with Crippen molar-refractivity contribution < 1.29 is 9.63 Å². The first-order valence-corrected chi connectivity index (χ1v) is 2.69. The smallest absolute Gasteiger partial charge is 0.163 e. The average Bonchev–Trinajstić information content (AvgIpc) is 2.45. The number of carbonyl (C=O) groups excluding carboxylic acids is 1. The molecular formula is C5H9NO2. The fraction of sp³-hybridized carbons (Fsp3) is 0.800. The van der Waals surface area contributed by atoms with Gasteiger partial charge in [-0.3, -0.25) is 9.63 Å². The van der Waals surface area contributed by atoms with Gasteiger partial charge >= 0.3 is 0 Å². The Morgan fingerprint density at radius 2 is 2.38 bits per heavy atom. The van der Waals surface area contributed by atoms with Gasteiger partial charge in [-0.1, -0.05) is 0 Å². The molecule has 0 aliphatic heterocycles. The zero-order valence-electron chi connectivity index (χ0n) is 4.59. The zero-order chi connectivity index (χ0) is 5.98. The van der Waals surface area contributed by atoms with Gasteiger partial charge in [0.2, 0.25) is 0 Å². The molecule has 0 bridgehead atoms. The predicted octanol–water partition coefficient (Wildman–Crippen LogP) is -0.144. The number of nitrogens with two attached hydrogens (primary N) is 1. The molecule has 8 heavy (non-hydrogen) atoms. The zero-order valence-corrected chi connectivity index (χ0v) is 4.59. The Hall–Kier alpha value is -0.410. The third-order valence-electron chi connectivity index (χ3n) is 1.26. The summed E-state index contributed by atoms with van der Waals surface area (Å²) in [6.07, 6.45) is 2.06. The van der Waals surface area contributed by atoms with E-state index in [4.69, 9.17) is 0 Å². The summed E-state index contributed by atoms with van der Waals surface area (Å²) in [5.74, 6) is 5.10. The van der Waals surface area contributed by atoms with Gasteiger partial charge in [0.05, 0.1) is 0 Å². The molecule has 2 N–H and O–H groups in total. The van der Waals surface area contributed by atoms with Crippen LogP contribution in [0.2, 0.25) is 0 Å². The molecule has 0 unspecified atom stereocenters. The molecule has 46 valence electrons. The lowest BCUT2D eigenvalue weighted by Crippen LogP contribution is -2.13. The normalized spacial score (nSPS) is 18.6. The fourth-order valence-electron chi connectivity index (χ4n) is 0.605. The van der Waals surface area contributed by atoms with Gasteiger partial charge in [0, 0.05) is 5.92 Å². The van der Waals surface area contributed by atoms with E-state index in [0.717, 1.165) is 12.8 Å². The topological polar surface area (TPSA) is 52.3 Å². The second kappa shape index (κ2) is 2.24. The molecule has 1 fully saturated rings. The summed E-state index contributed by atoms with van der Waals surface area (Å²) in [6.45, 7) is 0.0880. The van der Waals surface area contributed by atoms with E-state index < -0.39 is 0 Å². The van der Waals surface area contributed by atoms with Crippen LogP contribution in [0, 0.1) is 5.92 Å². The first kappa shape index (κ1) is 5.72. The first-order valence-electron chi connectivity index (χ1n) is 2.69. The minimum atomic E-state index is 0.0880. The second-order valence-electron chi connectivity index (χ2n) is 2.05. The largest absolute Gasteiger partial charge is 0.297 e. The molecule has 1 saturated carbocycles. The highest BCUT2D eigenvalue weighted by Crippen LogP contribution is 2.29. The lowest BCUT2D eigenvalue weighted by atomic mass is 10.3. The van der Waals surface area contributed by atoms with Gasteiger partial charge < -0.3 is 0 Å². The van der Waals surface area contributed by atoms with Crippen molar-refractivity contribution in [3.05, 3.63) is 0 Å². The molecule has 1 aliphatic rings. The number of carbonyl (C=O) groups is 1. The SMILES string of the molecule is NOCC(=O)C1CC1. The molecule has 1 rings (SSSR count). The van der Waals surface area contributed by atoms with E-state index in [9.17, 15) is 4.79 Å². The van der Waals surface area contributed by atoms with Crippen LogP contribution in [0.5, 0.6) is 0 Å². The molecule has 1 aliphatic carbocycles. The van der Waals surface area contributed by atoms with Crippen LogP contribution in [0.4, 0.5) is 0 Å². The Kier molecular flexibility index (Phi) is 1.60. The van der Waals surface area contributed by atoms with E-state index >= 15 is 0 Å². The Labute approximate surface area is 47.8 Å².